The summed E-state index contributed by atoms with van der Waals surface area (Å²) in [5.41, 5.74) is 1.46. The minimum absolute atomic E-state index is 0.260. The summed E-state index contributed by atoms with van der Waals surface area (Å²) in [6, 6.07) is 9.79. The Morgan fingerprint density at radius 3 is 2.63 bits per heavy atom. The van der Waals surface area contributed by atoms with E-state index in [0.717, 1.165) is 27.8 Å². The monoisotopic (exact) mass is 443 g/mol. The molecule has 1 unspecified atom stereocenters. The average Bonchev–Trinajstić information content (AvgIpc) is 3.23. The van der Waals surface area contributed by atoms with E-state index in [2.05, 4.69) is 10.3 Å². The number of nitrogens with zero attached hydrogens (tertiary/aromatic N) is 1. The molecule has 3 aromatic rings. The Morgan fingerprint density at radius 1 is 1.17 bits per heavy atom. The zero-order chi connectivity index (χ0) is 21.6. The average molecular weight is 444 g/mol. The van der Waals surface area contributed by atoms with Gasteiger partial charge in [0.15, 0.2) is 5.78 Å². The number of benzene rings is 2. The summed E-state index contributed by atoms with van der Waals surface area (Å²) >= 11 is 12.2. The van der Waals surface area contributed by atoms with Crippen LogP contribution in [0.4, 0.5) is 4.79 Å². The van der Waals surface area contributed by atoms with Gasteiger partial charge in [-0.3, -0.25) is 14.5 Å². The third-order valence-electron chi connectivity index (χ3n) is 5.53. The zero-order valence-electron chi connectivity index (χ0n) is 16.4. The van der Waals surface area contributed by atoms with Gasteiger partial charge in [0.2, 0.25) is 0 Å². The Morgan fingerprint density at radius 2 is 1.93 bits per heavy atom. The van der Waals surface area contributed by atoms with Crippen molar-refractivity contribution in [3.63, 3.8) is 0 Å². The van der Waals surface area contributed by atoms with Crippen molar-refractivity contribution >= 4 is 51.8 Å². The molecule has 1 aliphatic heterocycles. The summed E-state index contributed by atoms with van der Waals surface area (Å²) < 4.78 is 0. The first-order valence-corrected chi connectivity index (χ1v) is 10.2. The van der Waals surface area contributed by atoms with Crippen molar-refractivity contribution in [2.45, 2.75) is 25.8 Å². The van der Waals surface area contributed by atoms with Gasteiger partial charge in [0.1, 0.15) is 5.54 Å². The van der Waals surface area contributed by atoms with Crippen LogP contribution in [0.25, 0.3) is 10.9 Å². The van der Waals surface area contributed by atoms with E-state index in [-0.39, 0.29) is 17.4 Å². The molecule has 1 saturated heterocycles. The Balaban J connectivity index is 1.63. The van der Waals surface area contributed by atoms with E-state index >= 15 is 0 Å². The SMILES string of the molecule is CCc1cccc2c(C(=O)CN3C(=O)NC(C)(c4ccc(Cl)cc4Cl)C3=O)c[nH]c12. The molecule has 1 atom stereocenters. The number of rotatable bonds is 5. The molecular formula is C22H19Cl2N3O3. The predicted molar refractivity (Wildman–Crippen MR) is 116 cm³/mol. The lowest BCUT2D eigenvalue weighted by molar-refractivity contribution is -0.130. The van der Waals surface area contributed by atoms with E-state index in [0.29, 0.717) is 16.1 Å². The first-order valence-electron chi connectivity index (χ1n) is 9.48. The minimum Gasteiger partial charge on any atom is -0.360 e. The van der Waals surface area contributed by atoms with Crippen molar-refractivity contribution in [2.24, 2.45) is 0 Å². The molecule has 0 aliphatic carbocycles. The molecule has 1 aliphatic rings. The highest BCUT2D eigenvalue weighted by atomic mass is 35.5. The van der Waals surface area contributed by atoms with Crippen molar-refractivity contribution in [2.75, 3.05) is 6.54 Å². The number of imide groups is 1. The number of nitrogens with one attached hydrogen (secondary N) is 2. The fourth-order valence-electron chi connectivity index (χ4n) is 3.89. The normalized spacial score (nSPS) is 18.9. The van der Waals surface area contributed by atoms with Gasteiger partial charge in [0.05, 0.1) is 6.54 Å². The first-order chi connectivity index (χ1) is 14.3. The summed E-state index contributed by atoms with van der Waals surface area (Å²) in [6.45, 7) is 3.23. The molecule has 6 nitrogen and oxygen atoms in total. The van der Waals surface area contributed by atoms with Gasteiger partial charge >= 0.3 is 6.03 Å². The van der Waals surface area contributed by atoms with E-state index in [9.17, 15) is 14.4 Å². The minimum atomic E-state index is -1.38. The fraction of sp³-hybridized carbons (Fsp3) is 0.227. The second kappa shape index (κ2) is 7.45. The molecule has 2 aromatic carbocycles. The number of aromatic nitrogens is 1. The number of H-pyrrole nitrogens is 1. The summed E-state index contributed by atoms with van der Waals surface area (Å²) in [5.74, 6) is -0.872. The molecular weight excluding hydrogens is 425 g/mol. The first kappa shape index (κ1) is 20.4. The van der Waals surface area contributed by atoms with E-state index < -0.39 is 17.5 Å². The number of aromatic amines is 1. The van der Waals surface area contributed by atoms with Crippen LogP contribution >= 0.6 is 23.2 Å². The van der Waals surface area contributed by atoms with Gasteiger partial charge in [-0.15, -0.1) is 0 Å². The zero-order valence-corrected chi connectivity index (χ0v) is 17.9. The van der Waals surface area contributed by atoms with Gasteiger partial charge in [-0.25, -0.2) is 4.79 Å². The van der Waals surface area contributed by atoms with Gasteiger partial charge < -0.3 is 10.3 Å². The number of fused-ring (bicyclic) bond motifs is 1. The number of carbonyl (C=O) groups excluding carboxylic acids is 3. The number of urea groups is 1. The fourth-order valence-corrected chi connectivity index (χ4v) is 4.49. The Hall–Kier alpha value is -2.83. The van der Waals surface area contributed by atoms with Crippen LogP contribution in [0, 0.1) is 0 Å². The number of ketones is 1. The molecule has 2 heterocycles. The lowest BCUT2D eigenvalue weighted by Crippen LogP contribution is -2.41. The molecule has 0 spiro atoms. The maximum absolute atomic E-state index is 13.1. The van der Waals surface area contributed by atoms with Crippen LogP contribution in [0.15, 0.2) is 42.6 Å². The van der Waals surface area contributed by atoms with Crippen LogP contribution in [-0.4, -0.2) is 34.2 Å². The van der Waals surface area contributed by atoms with Gasteiger partial charge in [-0.05, 0) is 31.0 Å². The predicted octanol–water partition coefficient (Wildman–Crippen LogP) is 4.69. The maximum atomic E-state index is 13.1. The summed E-state index contributed by atoms with van der Waals surface area (Å²) in [4.78, 5) is 42.8. The highest BCUT2D eigenvalue weighted by Crippen LogP contribution is 2.35. The highest BCUT2D eigenvalue weighted by molar-refractivity contribution is 6.35. The molecule has 3 amide bonds. The van der Waals surface area contributed by atoms with Crippen LogP contribution < -0.4 is 5.32 Å². The van der Waals surface area contributed by atoms with Crippen molar-refractivity contribution in [1.82, 2.24) is 15.2 Å². The number of aryl methyl sites for hydroxylation is 1. The van der Waals surface area contributed by atoms with Gasteiger partial charge in [0.25, 0.3) is 5.91 Å². The molecule has 8 heteroatoms. The van der Waals surface area contributed by atoms with Crippen molar-refractivity contribution in [1.29, 1.82) is 0 Å². The molecule has 0 saturated carbocycles. The number of halogens is 2. The molecule has 2 N–H and O–H groups in total. The van der Waals surface area contributed by atoms with Crippen LogP contribution in [0.3, 0.4) is 0 Å². The van der Waals surface area contributed by atoms with Crippen LogP contribution in [-0.2, 0) is 16.8 Å². The van der Waals surface area contributed by atoms with E-state index in [1.807, 2.05) is 25.1 Å². The van der Waals surface area contributed by atoms with Crippen LogP contribution in [0.1, 0.15) is 35.3 Å². The van der Waals surface area contributed by atoms with Crippen molar-refractivity contribution in [3.8, 4) is 0 Å². The molecule has 4 rings (SSSR count). The van der Waals surface area contributed by atoms with Crippen LogP contribution in [0.5, 0.6) is 0 Å². The molecule has 154 valence electrons. The standard InChI is InChI=1S/C22H19Cl2N3O3/c1-3-12-5-4-6-14-15(10-25-19(12)14)18(28)11-27-20(29)22(2,26-21(27)30)16-8-7-13(23)9-17(16)24/h4-10,25H,3,11H2,1-2H3,(H,26,30). The summed E-state index contributed by atoms with van der Waals surface area (Å²) in [6.07, 6.45) is 2.44. The quantitative estimate of drug-likeness (QED) is 0.443. The largest absolute Gasteiger partial charge is 0.360 e. The van der Waals surface area contributed by atoms with E-state index in [1.165, 1.54) is 6.07 Å². The van der Waals surface area contributed by atoms with Crippen molar-refractivity contribution < 1.29 is 14.4 Å². The summed E-state index contributed by atoms with van der Waals surface area (Å²) in [7, 11) is 0. The number of hydrogen-bond acceptors (Lipinski definition) is 3. The number of hydrogen-bond donors (Lipinski definition) is 2. The maximum Gasteiger partial charge on any atom is 0.325 e. The van der Waals surface area contributed by atoms with Crippen molar-refractivity contribution in [3.05, 3.63) is 69.3 Å². The highest BCUT2D eigenvalue weighted by Gasteiger charge is 2.50. The number of Topliss-reactive ketones (excluding diaryl/α,β-unsaturated/α-hetero) is 1. The second-order valence-corrected chi connectivity index (χ2v) is 8.23. The molecule has 30 heavy (non-hydrogen) atoms. The van der Waals surface area contributed by atoms with Crippen LogP contribution in [0.2, 0.25) is 10.0 Å². The van der Waals surface area contributed by atoms with Gasteiger partial charge in [0, 0.05) is 38.3 Å². The van der Waals surface area contributed by atoms with Gasteiger partial charge in [-0.2, -0.15) is 0 Å². The Labute approximate surface area is 183 Å². The lowest BCUT2D eigenvalue weighted by Gasteiger charge is -2.23. The molecule has 1 aromatic heterocycles. The van der Waals surface area contributed by atoms with Gasteiger partial charge in [-0.1, -0.05) is 54.4 Å². The summed E-state index contributed by atoms with van der Waals surface area (Å²) in [5, 5.41) is 4.11. The number of para-hydroxylation sites is 1. The Bertz CT molecular complexity index is 1200. The van der Waals surface area contributed by atoms with E-state index in [1.54, 1.807) is 25.3 Å². The smallest absolute Gasteiger partial charge is 0.325 e. The second-order valence-electron chi connectivity index (χ2n) is 7.39. The Kier molecular flexibility index (Phi) is 5.08. The molecule has 0 radical (unpaired) electrons. The molecule has 0 bridgehead atoms. The molecule has 1 fully saturated rings. The topological polar surface area (TPSA) is 82.3 Å². The third kappa shape index (κ3) is 3.16. The number of amides is 3. The number of carbonyl (C=O) groups is 3. The van der Waals surface area contributed by atoms with E-state index in [4.69, 9.17) is 23.2 Å². The lowest BCUT2D eigenvalue weighted by atomic mass is 9.92. The third-order valence-corrected chi connectivity index (χ3v) is 6.08.